The maximum absolute atomic E-state index is 9.07. The van der Waals surface area contributed by atoms with Crippen molar-refractivity contribution >= 4 is 0 Å². The quantitative estimate of drug-likeness (QED) is 0.425. The fourth-order valence-electron chi connectivity index (χ4n) is 1.48. The van der Waals surface area contributed by atoms with Gasteiger partial charge in [-0.05, 0) is 38.2 Å². The molecule has 0 heterocycles. The fraction of sp³-hybridized carbons (Fsp3) is 0.750. The lowest BCUT2D eigenvalue weighted by molar-refractivity contribution is 0.210. The van der Waals surface area contributed by atoms with Crippen LogP contribution in [0.2, 0.25) is 0 Å². The van der Waals surface area contributed by atoms with E-state index in [2.05, 4.69) is 6.92 Å². The summed E-state index contributed by atoms with van der Waals surface area (Å²) >= 11 is 0. The van der Waals surface area contributed by atoms with Gasteiger partial charge in [0, 0.05) is 0 Å². The van der Waals surface area contributed by atoms with Crippen LogP contribution in [0.4, 0.5) is 0 Å². The van der Waals surface area contributed by atoms with E-state index in [0.29, 0.717) is 0 Å². The van der Waals surface area contributed by atoms with Gasteiger partial charge in [0.25, 0.3) is 0 Å². The number of nitrogens with two attached hydrogens (primary N) is 1. The van der Waals surface area contributed by atoms with E-state index >= 15 is 0 Å². The Morgan fingerprint density at radius 1 is 1.40 bits per heavy atom. The molecule has 0 spiro atoms. The second-order valence-electron chi connectivity index (χ2n) is 2.96. The Morgan fingerprint density at radius 2 is 2.00 bits per heavy atom. The van der Waals surface area contributed by atoms with Gasteiger partial charge in [-0.3, -0.25) is 0 Å². The zero-order chi connectivity index (χ0) is 7.56. The second kappa shape index (κ2) is 3.17. The molecule has 0 saturated carbocycles. The monoisotopic (exact) mass is 141 g/mol. The summed E-state index contributed by atoms with van der Waals surface area (Å²) in [5, 5.41) is 9.07. The third kappa shape index (κ3) is 1.58. The molecule has 0 aromatic heterocycles. The van der Waals surface area contributed by atoms with Crippen molar-refractivity contribution in [2.75, 3.05) is 0 Å². The predicted molar refractivity (Wildman–Crippen MR) is 41.4 cm³/mol. The van der Waals surface area contributed by atoms with Crippen molar-refractivity contribution in [1.82, 2.24) is 0 Å². The summed E-state index contributed by atoms with van der Waals surface area (Å²) in [4.78, 5) is 0. The van der Waals surface area contributed by atoms with Crippen LogP contribution in [0.15, 0.2) is 11.1 Å². The van der Waals surface area contributed by atoms with Gasteiger partial charge in [0.2, 0.25) is 0 Å². The molecule has 1 unspecified atom stereocenters. The molecule has 1 rings (SSSR count). The third-order valence-corrected chi connectivity index (χ3v) is 2.15. The Kier molecular flexibility index (Phi) is 2.46. The lowest BCUT2D eigenvalue weighted by Gasteiger charge is -2.19. The first kappa shape index (κ1) is 7.76. The van der Waals surface area contributed by atoms with Crippen molar-refractivity contribution in [3.05, 3.63) is 11.1 Å². The summed E-state index contributed by atoms with van der Waals surface area (Å²) in [5.74, 6) is 0. The van der Waals surface area contributed by atoms with E-state index in [1.165, 1.54) is 18.4 Å². The zero-order valence-corrected chi connectivity index (χ0v) is 6.43. The molecular weight excluding hydrogens is 126 g/mol. The predicted octanol–water partition coefficient (Wildman–Crippen LogP) is 1.15. The van der Waals surface area contributed by atoms with Gasteiger partial charge in [-0.1, -0.05) is 5.57 Å². The minimum atomic E-state index is -0.708. The van der Waals surface area contributed by atoms with Crippen molar-refractivity contribution in [2.45, 2.75) is 38.8 Å². The van der Waals surface area contributed by atoms with Crippen LogP contribution in [0, 0.1) is 0 Å². The smallest absolute Gasteiger partial charge is 0.124 e. The molecule has 1 aliphatic rings. The van der Waals surface area contributed by atoms with E-state index in [1.807, 2.05) is 0 Å². The van der Waals surface area contributed by atoms with Gasteiger partial charge in [-0.2, -0.15) is 0 Å². The molecule has 10 heavy (non-hydrogen) atoms. The largest absolute Gasteiger partial charge is 0.375 e. The van der Waals surface area contributed by atoms with E-state index in [9.17, 15) is 0 Å². The number of hydrogen-bond donors (Lipinski definition) is 2. The first-order chi connectivity index (χ1) is 4.72. The molecule has 0 aromatic carbocycles. The average molecular weight is 141 g/mol. The highest BCUT2D eigenvalue weighted by Gasteiger charge is 2.12. The molecule has 58 valence electrons. The van der Waals surface area contributed by atoms with Crippen LogP contribution in [0.3, 0.4) is 0 Å². The first-order valence-electron chi connectivity index (χ1n) is 3.84. The van der Waals surface area contributed by atoms with Crippen LogP contribution in [-0.2, 0) is 0 Å². The fourth-order valence-corrected chi connectivity index (χ4v) is 1.48. The molecule has 0 aromatic rings. The van der Waals surface area contributed by atoms with E-state index in [1.54, 1.807) is 0 Å². The number of aliphatic hydroxyl groups is 1. The van der Waals surface area contributed by atoms with Gasteiger partial charge in [0.15, 0.2) is 0 Å². The molecule has 0 fully saturated rings. The Morgan fingerprint density at radius 3 is 2.40 bits per heavy atom. The Balaban J connectivity index is 2.68. The highest BCUT2D eigenvalue weighted by atomic mass is 16.3. The highest BCUT2D eigenvalue weighted by Crippen LogP contribution is 2.24. The normalized spacial score (nSPS) is 23.1. The number of aliphatic hydroxyl groups excluding tert-OH is 1. The lowest BCUT2D eigenvalue weighted by atomic mass is 9.92. The van der Waals surface area contributed by atoms with E-state index in [4.69, 9.17) is 10.8 Å². The summed E-state index contributed by atoms with van der Waals surface area (Å²) in [7, 11) is 0. The maximum atomic E-state index is 9.07. The molecule has 2 nitrogen and oxygen atoms in total. The van der Waals surface area contributed by atoms with E-state index in [0.717, 1.165) is 18.4 Å². The second-order valence-corrected chi connectivity index (χ2v) is 2.96. The Bertz CT molecular complexity index is 149. The van der Waals surface area contributed by atoms with Gasteiger partial charge < -0.3 is 10.8 Å². The molecule has 3 N–H and O–H groups in total. The van der Waals surface area contributed by atoms with Crippen LogP contribution in [0.5, 0.6) is 0 Å². The van der Waals surface area contributed by atoms with Gasteiger partial charge >= 0.3 is 0 Å². The first-order valence-corrected chi connectivity index (χ1v) is 3.84. The topological polar surface area (TPSA) is 46.2 Å². The standard InChI is InChI=1S/C8H15NO/c1-6-4-2-3-5-7(6)8(9)10/h8,10H,2-5,9H2,1H3. The molecule has 0 aliphatic heterocycles. The van der Waals surface area contributed by atoms with Crippen molar-refractivity contribution < 1.29 is 5.11 Å². The van der Waals surface area contributed by atoms with Crippen LogP contribution in [0.1, 0.15) is 32.6 Å². The average Bonchev–Trinajstić information content (AvgIpc) is 1.88. The van der Waals surface area contributed by atoms with Crippen molar-refractivity contribution in [1.29, 1.82) is 0 Å². The summed E-state index contributed by atoms with van der Waals surface area (Å²) in [6.45, 7) is 2.06. The molecule has 2 heteroatoms. The molecule has 1 atom stereocenters. The molecule has 0 radical (unpaired) electrons. The number of rotatable bonds is 1. The van der Waals surface area contributed by atoms with Gasteiger partial charge in [-0.15, -0.1) is 0 Å². The van der Waals surface area contributed by atoms with Crippen molar-refractivity contribution in [3.63, 3.8) is 0 Å². The molecular formula is C8H15NO. The summed E-state index contributed by atoms with van der Waals surface area (Å²) in [6, 6.07) is 0. The van der Waals surface area contributed by atoms with Crippen LogP contribution >= 0.6 is 0 Å². The summed E-state index contributed by atoms with van der Waals surface area (Å²) < 4.78 is 0. The highest BCUT2D eigenvalue weighted by molar-refractivity contribution is 5.17. The third-order valence-electron chi connectivity index (χ3n) is 2.15. The van der Waals surface area contributed by atoms with Crippen LogP contribution in [-0.4, -0.2) is 11.3 Å². The van der Waals surface area contributed by atoms with Crippen LogP contribution < -0.4 is 5.73 Å². The minimum absolute atomic E-state index is 0.708. The zero-order valence-electron chi connectivity index (χ0n) is 6.43. The maximum Gasteiger partial charge on any atom is 0.124 e. The number of allylic oxidation sites excluding steroid dienone is 1. The van der Waals surface area contributed by atoms with E-state index < -0.39 is 6.23 Å². The van der Waals surface area contributed by atoms with Crippen LogP contribution in [0.25, 0.3) is 0 Å². The van der Waals surface area contributed by atoms with Gasteiger partial charge in [-0.25, -0.2) is 0 Å². The summed E-state index contributed by atoms with van der Waals surface area (Å²) in [5.41, 5.74) is 7.71. The lowest BCUT2D eigenvalue weighted by Crippen LogP contribution is -2.24. The summed E-state index contributed by atoms with van der Waals surface area (Å²) in [6.07, 6.45) is 3.83. The molecule has 0 saturated heterocycles. The Labute approximate surface area is 61.7 Å². The number of hydrogen-bond acceptors (Lipinski definition) is 2. The molecule has 1 aliphatic carbocycles. The van der Waals surface area contributed by atoms with Crippen molar-refractivity contribution in [2.24, 2.45) is 5.73 Å². The molecule has 0 bridgehead atoms. The SMILES string of the molecule is CC1=C(C(N)O)CCCC1. The van der Waals surface area contributed by atoms with Crippen molar-refractivity contribution in [3.8, 4) is 0 Å². The van der Waals surface area contributed by atoms with Gasteiger partial charge in [0.1, 0.15) is 6.23 Å². The molecule has 0 amide bonds. The van der Waals surface area contributed by atoms with Gasteiger partial charge in [0.05, 0.1) is 0 Å². The Hall–Kier alpha value is -0.340. The van der Waals surface area contributed by atoms with E-state index in [-0.39, 0.29) is 0 Å². The minimum Gasteiger partial charge on any atom is -0.375 e.